The molecule has 2 N–H and O–H groups in total. The Morgan fingerprint density at radius 3 is 2.71 bits per heavy atom. The maximum absolute atomic E-state index is 5.51. The van der Waals surface area contributed by atoms with Crippen LogP contribution in [0, 0.1) is 0 Å². The van der Waals surface area contributed by atoms with Crippen LogP contribution in [0.1, 0.15) is 5.76 Å². The van der Waals surface area contributed by atoms with Gasteiger partial charge in [-0.15, -0.1) is 0 Å². The lowest BCUT2D eigenvalue weighted by molar-refractivity contribution is 0.520. The van der Waals surface area contributed by atoms with E-state index in [1.807, 2.05) is 12.1 Å². The van der Waals surface area contributed by atoms with E-state index in [2.05, 4.69) is 9.97 Å². The number of hydrogen-bond donors (Lipinski definition) is 1. The smallest absolute Gasteiger partial charge is 0.195 e. The summed E-state index contributed by atoms with van der Waals surface area (Å²) in [6, 6.07) is 5.53. The zero-order valence-electron chi connectivity index (χ0n) is 7.68. The standard InChI is InChI=1S/C10H11N3O/c11-5-4-8-2-3-9(14-8)10-12-6-1-7-13-10/h1-3,6-7H,4-5,11H2. The number of furan rings is 1. The highest BCUT2D eigenvalue weighted by atomic mass is 16.3. The normalized spacial score (nSPS) is 10.4. The summed E-state index contributed by atoms with van der Waals surface area (Å²) < 4.78 is 5.51. The van der Waals surface area contributed by atoms with Gasteiger partial charge < -0.3 is 10.2 Å². The van der Waals surface area contributed by atoms with Crippen LogP contribution in [-0.4, -0.2) is 16.5 Å². The summed E-state index contributed by atoms with van der Waals surface area (Å²) in [4.78, 5) is 8.17. The van der Waals surface area contributed by atoms with Gasteiger partial charge >= 0.3 is 0 Å². The molecule has 0 unspecified atom stereocenters. The van der Waals surface area contributed by atoms with Gasteiger partial charge in [0.1, 0.15) is 5.76 Å². The van der Waals surface area contributed by atoms with Gasteiger partial charge in [0.05, 0.1) is 0 Å². The molecule has 2 aromatic rings. The van der Waals surface area contributed by atoms with Gasteiger partial charge in [0.15, 0.2) is 11.6 Å². The number of hydrogen-bond acceptors (Lipinski definition) is 4. The molecule has 14 heavy (non-hydrogen) atoms. The molecule has 0 bridgehead atoms. The monoisotopic (exact) mass is 189 g/mol. The van der Waals surface area contributed by atoms with Crippen LogP contribution < -0.4 is 5.73 Å². The van der Waals surface area contributed by atoms with E-state index in [9.17, 15) is 0 Å². The van der Waals surface area contributed by atoms with Gasteiger partial charge in [-0.3, -0.25) is 0 Å². The Morgan fingerprint density at radius 2 is 2.00 bits per heavy atom. The van der Waals surface area contributed by atoms with Gasteiger partial charge in [-0.2, -0.15) is 0 Å². The van der Waals surface area contributed by atoms with Crippen LogP contribution in [0.3, 0.4) is 0 Å². The molecule has 0 aliphatic heterocycles. The Labute approximate surface area is 81.8 Å². The summed E-state index contributed by atoms with van der Waals surface area (Å²) in [5.41, 5.74) is 5.42. The summed E-state index contributed by atoms with van der Waals surface area (Å²) in [5.74, 6) is 2.17. The van der Waals surface area contributed by atoms with Gasteiger partial charge in [-0.05, 0) is 24.7 Å². The van der Waals surface area contributed by atoms with Crippen LogP contribution in [0.4, 0.5) is 0 Å². The van der Waals surface area contributed by atoms with E-state index in [1.54, 1.807) is 18.5 Å². The fraction of sp³-hybridized carbons (Fsp3) is 0.200. The zero-order valence-corrected chi connectivity index (χ0v) is 7.68. The Hall–Kier alpha value is -1.68. The first-order valence-corrected chi connectivity index (χ1v) is 4.46. The molecular weight excluding hydrogens is 178 g/mol. The SMILES string of the molecule is NCCc1ccc(-c2ncccn2)o1. The van der Waals surface area contributed by atoms with Crippen molar-refractivity contribution < 1.29 is 4.42 Å². The summed E-state index contributed by atoms with van der Waals surface area (Å²) in [6.07, 6.45) is 4.12. The average molecular weight is 189 g/mol. The minimum atomic E-state index is 0.586. The van der Waals surface area contributed by atoms with E-state index in [4.69, 9.17) is 10.2 Å². The highest BCUT2D eigenvalue weighted by Gasteiger charge is 2.05. The fourth-order valence-corrected chi connectivity index (χ4v) is 1.20. The topological polar surface area (TPSA) is 64.9 Å². The van der Waals surface area contributed by atoms with Crippen molar-refractivity contribution in [3.05, 3.63) is 36.4 Å². The molecule has 72 valence electrons. The predicted molar refractivity (Wildman–Crippen MR) is 52.5 cm³/mol. The molecular formula is C10H11N3O. The highest BCUT2D eigenvalue weighted by Crippen LogP contribution is 2.17. The van der Waals surface area contributed by atoms with Crippen molar-refractivity contribution in [2.24, 2.45) is 5.73 Å². The predicted octanol–water partition coefficient (Wildman–Crippen LogP) is 1.24. The van der Waals surface area contributed by atoms with Crippen LogP contribution >= 0.6 is 0 Å². The van der Waals surface area contributed by atoms with Crippen LogP contribution in [0.25, 0.3) is 11.6 Å². The van der Waals surface area contributed by atoms with Crippen molar-refractivity contribution >= 4 is 0 Å². The van der Waals surface area contributed by atoms with Crippen molar-refractivity contribution in [3.8, 4) is 11.6 Å². The third-order valence-electron chi connectivity index (χ3n) is 1.84. The molecule has 0 saturated heterocycles. The second kappa shape index (κ2) is 4.02. The molecule has 0 saturated carbocycles. The van der Waals surface area contributed by atoms with Crippen LogP contribution in [0.15, 0.2) is 35.0 Å². The first-order chi connectivity index (χ1) is 6.90. The van der Waals surface area contributed by atoms with E-state index in [0.29, 0.717) is 18.1 Å². The molecule has 2 rings (SSSR count). The largest absolute Gasteiger partial charge is 0.458 e. The molecule has 0 aliphatic rings. The molecule has 4 nitrogen and oxygen atoms in total. The van der Waals surface area contributed by atoms with Crippen molar-refractivity contribution in [2.45, 2.75) is 6.42 Å². The Morgan fingerprint density at radius 1 is 1.21 bits per heavy atom. The second-order valence-electron chi connectivity index (χ2n) is 2.88. The third kappa shape index (κ3) is 1.80. The number of nitrogens with zero attached hydrogens (tertiary/aromatic N) is 2. The number of aromatic nitrogens is 2. The lowest BCUT2D eigenvalue weighted by Crippen LogP contribution is -2.01. The summed E-state index contributed by atoms with van der Waals surface area (Å²) in [5, 5.41) is 0. The van der Waals surface area contributed by atoms with Gasteiger partial charge in [0.25, 0.3) is 0 Å². The van der Waals surface area contributed by atoms with Crippen LogP contribution in [-0.2, 0) is 6.42 Å². The quantitative estimate of drug-likeness (QED) is 0.788. The van der Waals surface area contributed by atoms with Crippen molar-refractivity contribution in [2.75, 3.05) is 6.54 Å². The van der Waals surface area contributed by atoms with Gasteiger partial charge in [0, 0.05) is 18.8 Å². The summed E-state index contributed by atoms with van der Waals surface area (Å²) in [7, 11) is 0. The molecule has 0 aromatic carbocycles. The molecule has 0 radical (unpaired) electrons. The number of rotatable bonds is 3. The van der Waals surface area contributed by atoms with Gasteiger partial charge in [-0.1, -0.05) is 0 Å². The second-order valence-corrected chi connectivity index (χ2v) is 2.88. The first kappa shape index (κ1) is 8.90. The van der Waals surface area contributed by atoms with E-state index in [0.717, 1.165) is 12.2 Å². The highest BCUT2D eigenvalue weighted by molar-refractivity contribution is 5.46. The lowest BCUT2D eigenvalue weighted by Gasteiger charge is -1.93. The molecule has 0 aliphatic carbocycles. The molecule has 2 aromatic heterocycles. The van der Waals surface area contributed by atoms with Gasteiger partial charge in [0.2, 0.25) is 0 Å². The van der Waals surface area contributed by atoms with Crippen molar-refractivity contribution in [1.29, 1.82) is 0 Å². The molecule has 0 atom stereocenters. The fourth-order valence-electron chi connectivity index (χ4n) is 1.20. The molecule has 0 fully saturated rings. The summed E-state index contributed by atoms with van der Waals surface area (Å²) >= 11 is 0. The van der Waals surface area contributed by atoms with Crippen LogP contribution in [0.2, 0.25) is 0 Å². The van der Waals surface area contributed by atoms with Gasteiger partial charge in [-0.25, -0.2) is 9.97 Å². The number of nitrogens with two attached hydrogens (primary N) is 1. The summed E-state index contributed by atoms with van der Waals surface area (Å²) in [6.45, 7) is 0.586. The Kier molecular flexibility index (Phi) is 2.55. The maximum atomic E-state index is 5.51. The van der Waals surface area contributed by atoms with E-state index >= 15 is 0 Å². The Balaban J connectivity index is 2.25. The minimum Gasteiger partial charge on any atom is -0.458 e. The minimum absolute atomic E-state index is 0.586. The van der Waals surface area contributed by atoms with E-state index < -0.39 is 0 Å². The first-order valence-electron chi connectivity index (χ1n) is 4.46. The molecule has 2 heterocycles. The Bertz CT molecular complexity index is 397. The van der Waals surface area contributed by atoms with Crippen molar-refractivity contribution in [3.63, 3.8) is 0 Å². The van der Waals surface area contributed by atoms with E-state index in [-0.39, 0.29) is 0 Å². The maximum Gasteiger partial charge on any atom is 0.195 e. The third-order valence-corrected chi connectivity index (χ3v) is 1.84. The average Bonchev–Trinajstić information content (AvgIpc) is 2.68. The molecule has 0 spiro atoms. The molecule has 0 amide bonds. The van der Waals surface area contributed by atoms with Crippen LogP contribution in [0.5, 0.6) is 0 Å². The molecule has 4 heteroatoms. The lowest BCUT2D eigenvalue weighted by atomic mass is 10.3. The van der Waals surface area contributed by atoms with Crippen molar-refractivity contribution in [1.82, 2.24) is 9.97 Å². The van der Waals surface area contributed by atoms with E-state index in [1.165, 1.54) is 0 Å². The zero-order chi connectivity index (χ0) is 9.80.